The summed E-state index contributed by atoms with van der Waals surface area (Å²) in [5, 5.41) is 0. The van der Waals surface area contributed by atoms with Gasteiger partial charge in [0.05, 0.1) is 17.7 Å². The number of benzene rings is 3. The van der Waals surface area contributed by atoms with Crippen LogP contribution in [0.1, 0.15) is 52.8 Å². The number of rotatable bonds is 8. The minimum atomic E-state index is -0.750. The van der Waals surface area contributed by atoms with E-state index in [1.807, 2.05) is 58.9 Å². The molecule has 10 nitrogen and oxygen atoms in total. The van der Waals surface area contributed by atoms with E-state index in [0.29, 0.717) is 29.9 Å². The van der Waals surface area contributed by atoms with Gasteiger partial charge in [-0.05, 0) is 105 Å². The van der Waals surface area contributed by atoms with Crippen molar-refractivity contribution < 1.29 is 18.3 Å². The second-order valence-electron chi connectivity index (χ2n) is 11.2. The topological polar surface area (TPSA) is 139 Å². The fraction of sp³-hybridized carbons (Fsp3) is 0.257. The molecule has 0 saturated heterocycles. The van der Waals surface area contributed by atoms with Crippen LogP contribution in [0, 0.1) is 39.3 Å². The van der Waals surface area contributed by atoms with Gasteiger partial charge in [0.25, 0.3) is 11.1 Å². The third kappa shape index (κ3) is 8.81. The molecule has 2 heterocycles. The van der Waals surface area contributed by atoms with Crippen LogP contribution in [0.5, 0.6) is 23.3 Å². The number of hydrogen-bond donors (Lipinski definition) is 3. The molecule has 0 saturated carbocycles. The number of ether oxygens (including phenoxy) is 2. The SMILES string of the molecule is CCc1c(Oc2cc(C)cc(C)c2)[nH]c(=O)[nH]c1=O.CCc1c(Oc2cc(C)cc(C)c2)n(Cc2cc(F)cc(F)c2)c(=O)[nH]c1=O. The zero-order chi connectivity index (χ0) is 34.4. The van der Waals surface area contributed by atoms with Crippen molar-refractivity contribution in [2.75, 3.05) is 0 Å². The van der Waals surface area contributed by atoms with Crippen molar-refractivity contribution in [3.05, 3.63) is 147 Å². The van der Waals surface area contributed by atoms with Gasteiger partial charge in [-0.1, -0.05) is 26.0 Å². The number of nitrogens with one attached hydrogen (secondary N) is 3. The second-order valence-corrected chi connectivity index (χ2v) is 11.2. The van der Waals surface area contributed by atoms with E-state index in [0.717, 1.165) is 40.5 Å². The molecule has 5 rings (SSSR count). The Labute approximate surface area is 268 Å². The first-order chi connectivity index (χ1) is 22.3. The molecule has 0 atom stereocenters. The lowest BCUT2D eigenvalue weighted by molar-refractivity contribution is 0.413. The lowest BCUT2D eigenvalue weighted by Crippen LogP contribution is -2.33. The van der Waals surface area contributed by atoms with Crippen molar-refractivity contribution in [3.63, 3.8) is 0 Å². The molecule has 2 aromatic heterocycles. The van der Waals surface area contributed by atoms with Crippen LogP contribution < -0.4 is 32.0 Å². The van der Waals surface area contributed by atoms with Gasteiger partial charge in [0, 0.05) is 6.07 Å². The first kappa shape index (κ1) is 34.4. The molecule has 5 aromatic rings. The zero-order valence-electron chi connectivity index (χ0n) is 27.0. The number of nitrogens with zero attached hydrogens (tertiary/aromatic N) is 1. The Morgan fingerprint density at radius 3 is 1.62 bits per heavy atom. The summed E-state index contributed by atoms with van der Waals surface area (Å²) in [6.45, 7) is 11.2. The highest BCUT2D eigenvalue weighted by molar-refractivity contribution is 5.38. The molecular weight excluding hydrogens is 610 g/mol. The molecule has 0 unspecified atom stereocenters. The van der Waals surface area contributed by atoms with E-state index in [2.05, 4.69) is 15.0 Å². The first-order valence-corrected chi connectivity index (χ1v) is 14.9. The van der Waals surface area contributed by atoms with Crippen LogP contribution in [0.15, 0.2) is 73.8 Å². The van der Waals surface area contributed by atoms with E-state index in [1.54, 1.807) is 19.1 Å². The van der Waals surface area contributed by atoms with Gasteiger partial charge < -0.3 is 9.47 Å². The van der Waals surface area contributed by atoms with Gasteiger partial charge in [0.1, 0.15) is 23.1 Å². The summed E-state index contributed by atoms with van der Waals surface area (Å²) in [5.41, 5.74) is 2.72. The average molecular weight is 647 g/mol. The minimum Gasteiger partial charge on any atom is -0.440 e. The Bertz CT molecular complexity index is 2100. The van der Waals surface area contributed by atoms with E-state index in [4.69, 9.17) is 9.47 Å². The predicted octanol–water partition coefficient (Wildman–Crippen LogP) is 5.87. The molecule has 12 heteroatoms. The first-order valence-electron chi connectivity index (χ1n) is 14.9. The third-order valence-corrected chi connectivity index (χ3v) is 7.04. The summed E-state index contributed by atoms with van der Waals surface area (Å²) in [6, 6.07) is 14.3. The summed E-state index contributed by atoms with van der Waals surface area (Å²) < 4.78 is 39.9. The molecular formula is C35H36F2N4O6. The summed E-state index contributed by atoms with van der Waals surface area (Å²) in [7, 11) is 0. The molecule has 246 valence electrons. The Kier molecular flexibility index (Phi) is 10.8. The molecule has 3 aromatic carbocycles. The highest BCUT2D eigenvalue weighted by atomic mass is 19.1. The van der Waals surface area contributed by atoms with E-state index in [9.17, 15) is 28.0 Å². The van der Waals surface area contributed by atoms with Crippen molar-refractivity contribution >= 4 is 0 Å². The molecule has 0 bridgehead atoms. The van der Waals surface area contributed by atoms with E-state index in [1.165, 1.54) is 4.57 Å². The number of aromatic amines is 3. The molecule has 47 heavy (non-hydrogen) atoms. The minimum absolute atomic E-state index is 0.0610. The molecule has 0 aliphatic heterocycles. The summed E-state index contributed by atoms with van der Waals surface area (Å²) in [4.78, 5) is 54.7. The van der Waals surface area contributed by atoms with Gasteiger partial charge >= 0.3 is 11.4 Å². The van der Waals surface area contributed by atoms with Crippen molar-refractivity contribution in [1.82, 2.24) is 19.5 Å². The van der Waals surface area contributed by atoms with Crippen molar-refractivity contribution in [2.24, 2.45) is 0 Å². The fourth-order valence-corrected chi connectivity index (χ4v) is 5.16. The zero-order valence-corrected chi connectivity index (χ0v) is 27.0. The fourth-order valence-electron chi connectivity index (χ4n) is 5.16. The van der Waals surface area contributed by atoms with E-state index < -0.39 is 34.1 Å². The van der Waals surface area contributed by atoms with E-state index in [-0.39, 0.29) is 29.4 Å². The normalized spacial score (nSPS) is 10.7. The van der Waals surface area contributed by atoms with Crippen LogP contribution >= 0.6 is 0 Å². The molecule has 0 aliphatic carbocycles. The van der Waals surface area contributed by atoms with Crippen LogP contribution in [0.4, 0.5) is 8.78 Å². The quantitative estimate of drug-likeness (QED) is 0.193. The third-order valence-electron chi connectivity index (χ3n) is 7.04. The van der Waals surface area contributed by atoms with Gasteiger partial charge in [-0.15, -0.1) is 0 Å². The van der Waals surface area contributed by atoms with Crippen LogP contribution in [0.2, 0.25) is 0 Å². The van der Waals surface area contributed by atoms with Gasteiger partial charge in [0.15, 0.2) is 0 Å². The second kappa shape index (κ2) is 14.7. The smallest absolute Gasteiger partial charge is 0.331 e. The molecule has 0 radical (unpaired) electrons. The summed E-state index contributed by atoms with van der Waals surface area (Å²) in [5.74, 6) is -0.156. The van der Waals surface area contributed by atoms with Gasteiger partial charge in [0.2, 0.25) is 11.8 Å². The Balaban J connectivity index is 0.000000229. The Morgan fingerprint density at radius 2 is 1.11 bits per heavy atom. The monoisotopic (exact) mass is 646 g/mol. The van der Waals surface area contributed by atoms with Crippen LogP contribution in [0.3, 0.4) is 0 Å². The van der Waals surface area contributed by atoms with Crippen molar-refractivity contribution in [3.8, 4) is 23.3 Å². The maximum absolute atomic E-state index is 13.6. The maximum atomic E-state index is 13.6. The van der Waals surface area contributed by atoms with Crippen molar-refractivity contribution in [1.29, 1.82) is 0 Å². The summed E-state index contributed by atoms with van der Waals surface area (Å²) >= 11 is 0. The molecule has 0 fully saturated rings. The molecule has 0 amide bonds. The number of halogens is 2. The lowest BCUT2D eigenvalue weighted by atomic mass is 10.1. The van der Waals surface area contributed by atoms with Gasteiger partial charge in [-0.3, -0.25) is 29.1 Å². The Morgan fingerprint density at radius 1 is 0.617 bits per heavy atom. The summed E-state index contributed by atoms with van der Waals surface area (Å²) in [6.07, 6.45) is 0.791. The van der Waals surface area contributed by atoms with Crippen LogP contribution in [0.25, 0.3) is 0 Å². The highest BCUT2D eigenvalue weighted by Gasteiger charge is 2.18. The number of H-pyrrole nitrogens is 3. The van der Waals surface area contributed by atoms with E-state index >= 15 is 0 Å². The molecule has 3 N–H and O–H groups in total. The van der Waals surface area contributed by atoms with Crippen LogP contribution in [-0.4, -0.2) is 19.5 Å². The molecule has 0 spiro atoms. The average Bonchev–Trinajstić information content (AvgIpc) is 2.94. The van der Waals surface area contributed by atoms with Crippen LogP contribution in [-0.2, 0) is 19.4 Å². The highest BCUT2D eigenvalue weighted by Crippen LogP contribution is 2.26. The number of aromatic nitrogens is 4. The lowest BCUT2D eigenvalue weighted by Gasteiger charge is -2.17. The maximum Gasteiger partial charge on any atom is 0.331 e. The van der Waals surface area contributed by atoms with Gasteiger partial charge in [-0.25, -0.2) is 18.4 Å². The predicted molar refractivity (Wildman–Crippen MR) is 175 cm³/mol. The number of aryl methyl sites for hydroxylation is 4. The van der Waals surface area contributed by atoms with Crippen molar-refractivity contribution in [2.45, 2.75) is 60.9 Å². The standard InChI is InChI=1S/C21H20F2N2O3.C14H16N2O3/c1-4-18-19(26)24-21(27)25(11-14-8-15(22)10-16(23)9-14)20(18)28-17-6-12(2)5-13(3)7-17;1-4-11-12(17)15-14(18)16-13(11)19-10-6-8(2)5-9(3)7-10/h5-10H,4,11H2,1-3H3,(H,24,26,27);5-7H,4H2,1-3H3,(H2,15,16,17,18). The largest absolute Gasteiger partial charge is 0.440 e. The van der Waals surface area contributed by atoms with Gasteiger partial charge in [-0.2, -0.15) is 0 Å². The molecule has 0 aliphatic rings. The number of hydrogen-bond acceptors (Lipinski definition) is 6. The Hall–Kier alpha value is -5.52.